The molecular weight excluding hydrogens is 322 g/mol. The van der Waals surface area contributed by atoms with E-state index < -0.39 is 9.84 Å². The Bertz CT molecular complexity index is 863. The molecule has 124 valence electrons. The molecule has 0 unspecified atom stereocenters. The van der Waals surface area contributed by atoms with Crippen LogP contribution in [0.5, 0.6) is 0 Å². The summed E-state index contributed by atoms with van der Waals surface area (Å²) in [6.07, 6.45) is 2.10. The lowest BCUT2D eigenvalue weighted by Gasteiger charge is -2.20. The number of hydrogen-bond donors (Lipinski definition) is 0. The average molecular weight is 341 g/mol. The van der Waals surface area contributed by atoms with Crippen molar-refractivity contribution in [3.63, 3.8) is 0 Å². The molecule has 1 heterocycles. The van der Waals surface area contributed by atoms with E-state index in [0.29, 0.717) is 0 Å². The minimum atomic E-state index is -3.95. The van der Waals surface area contributed by atoms with Gasteiger partial charge in [0.15, 0.2) is 4.91 Å². The van der Waals surface area contributed by atoms with Gasteiger partial charge in [-0.1, -0.05) is 18.2 Å². The van der Waals surface area contributed by atoms with E-state index >= 15 is 0 Å². The van der Waals surface area contributed by atoms with Gasteiger partial charge in [-0.05, 0) is 44.4 Å². The standard InChI is InChI=1S/C18H19N3O2S/c1-14(17(12-19)15(2)21-10-6-7-11-21)18(13-20)24(22,23)16-8-4-3-5-9-16/h3-5,8-9H,6-7,10-11H2,1-2H3/b17-15+,18-14-. The van der Waals surface area contributed by atoms with Crippen LogP contribution in [0.1, 0.15) is 26.7 Å². The van der Waals surface area contributed by atoms with Crippen LogP contribution < -0.4 is 0 Å². The number of nitrogens with zero attached hydrogens (tertiary/aromatic N) is 3. The molecule has 1 fully saturated rings. The molecule has 0 N–H and O–H groups in total. The molecule has 0 amide bonds. The summed E-state index contributed by atoms with van der Waals surface area (Å²) in [4.78, 5) is 1.74. The fourth-order valence-corrected chi connectivity index (χ4v) is 4.20. The summed E-state index contributed by atoms with van der Waals surface area (Å²) in [7, 11) is -3.95. The number of likely N-dealkylation sites (tertiary alicyclic amines) is 1. The van der Waals surface area contributed by atoms with Crippen molar-refractivity contribution in [2.45, 2.75) is 31.6 Å². The van der Waals surface area contributed by atoms with Gasteiger partial charge >= 0.3 is 0 Å². The number of hydrogen-bond acceptors (Lipinski definition) is 5. The van der Waals surface area contributed by atoms with Crippen molar-refractivity contribution in [3.05, 3.63) is 52.1 Å². The van der Waals surface area contributed by atoms with E-state index in [1.807, 2.05) is 0 Å². The Morgan fingerprint density at radius 1 is 1.04 bits per heavy atom. The molecule has 0 radical (unpaired) electrons. The van der Waals surface area contributed by atoms with E-state index in [1.165, 1.54) is 19.1 Å². The minimum absolute atomic E-state index is 0.0528. The third-order valence-corrected chi connectivity index (χ3v) is 6.02. The van der Waals surface area contributed by atoms with E-state index in [2.05, 4.69) is 11.0 Å². The molecule has 0 aliphatic carbocycles. The van der Waals surface area contributed by atoms with E-state index in [4.69, 9.17) is 0 Å². The molecule has 24 heavy (non-hydrogen) atoms. The number of allylic oxidation sites excluding steroid dienone is 4. The highest BCUT2D eigenvalue weighted by Gasteiger charge is 2.26. The van der Waals surface area contributed by atoms with Gasteiger partial charge in [-0.15, -0.1) is 0 Å². The second-order valence-corrected chi connectivity index (χ2v) is 7.54. The van der Waals surface area contributed by atoms with Crippen LogP contribution in [-0.2, 0) is 9.84 Å². The fraction of sp³-hybridized carbons (Fsp3) is 0.333. The quantitative estimate of drug-likeness (QED) is 0.620. The SMILES string of the molecule is CC(/C(C#N)=C(\C)N1CCCC1)=C(\C#N)S(=O)(=O)c1ccccc1. The van der Waals surface area contributed by atoms with Crippen molar-refractivity contribution in [2.24, 2.45) is 0 Å². The number of sulfone groups is 1. The summed E-state index contributed by atoms with van der Waals surface area (Å²) < 4.78 is 25.5. The summed E-state index contributed by atoms with van der Waals surface area (Å²) >= 11 is 0. The molecule has 0 aromatic heterocycles. The molecule has 1 saturated heterocycles. The Balaban J connectivity index is 2.60. The van der Waals surface area contributed by atoms with Crippen LogP contribution in [0.4, 0.5) is 0 Å². The Hall–Kier alpha value is -2.57. The van der Waals surface area contributed by atoms with Crippen LogP contribution in [0.2, 0.25) is 0 Å². The third kappa shape index (κ3) is 3.34. The predicted molar refractivity (Wildman–Crippen MR) is 91.1 cm³/mol. The topological polar surface area (TPSA) is 85.0 Å². The smallest absolute Gasteiger partial charge is 0.216 e. The van der Waals surface area contributed by atoms with E-state index in [0.717, 1.165) is 31.6 Å². The summed E-state index contributed by atoms with van der Waals surface area (Å²) in [5.74, 6) is 0. The van der Waals surface area contributed by atoms with Gasteiger partial charge in [0, 0.05) is 18.8 Å². The normalized spacial score (nSPS) is 16.8. The molecule has 0 atom stereocenters. The minimum Gasteiger partial charge on any atom is -0.374 e. The molecule has 1 aliphatic heterocycles. The highest BCUT2D eigenvalue weighted by molar-refractivity contribution is 7.95. The van der Waals surface area contributed by atoms with Crippen LogP contribution in [0.25, 0.3) is 0 Å². The first-order valence-electron chi connectivity index (χ1n) is 7.71. The van der Waals surface area contributed by atoms with E-state index in [9.17, 15) is 18.9 Å². The zero-order valence-corrected chi connectivity index (χ0v) is 14.6. The molecule has 1 aromatic carbocycles. The van der Waals surface area contributed by atoms with Gasteiger partial charge in [0.25, 0.3) is 0 Å². The van der Waals surface area contributed by atoms with Crippen molar-refractivity contribution in [1.82, 2.24) is 4.90 Å². The van der Waals surface area contributed by atoms with Crippen LogP contribution in [0.15, 0.2) is 57.0 Å². The zero-order chi connectivity index (χ0) is 17.7. The molecule has 2 rings (SSSR count). The first-order valence-corrected chi connectivity index (χ1v) is 9.19. The molecule has 0 spiro atoms. The van der Waals surface area contributed by atoms with Crippen LogP contribution >= 0.6 is 0 Å². The van der Waals surface area contributed by atoms with E-state index in [1.54, 1.807) is 31.2 Å². The van der Waals surface area contributed by atoms with E-state index in [-0.39, 0.29) is 20.9 Å². The lowest BCUT2D eigenvalue weighted by atomic mass is 10.1. The monoisotopic (exact) mass is 341 g/mol. The first-order chi connectivity index (χ1) is 11.4. The third-order valence-electron chi connectivity index (χ3n) is 4.19. The average Bonchev–Trinajstić information content (AvgIpc) is 3.11. The fourth-order valence-electron chi connectivity index (χ4n) is 2.82. The summed E-state index contributed by atoms with van der Waals surface area (Å²) in [6, 6.07) is 11.7. The van der Waals surface area contributed by atoms with Gasteiger partial charge in [0.1, 0.15) is 12.1 Å². The van der Waals surface area contributed by atoms with Gasteiger partial charge in [-0.25, -0.2) is 8.42 Å². The lowest BCUT2D eigenvalue weighted by molar-refractivity contribution is 0.425. The summed E-state index contributed by atoms with van der Waals surface area (Å²) in [5, 5.41) is 19.0. The maximum Gasteiger partial charge on any atom is 0.216 e. The van der Waals surface area contributed by atoms with Gasteiger partial charge in [-0.3, -0.25) is 0 Å². The van der Waals surface area contributed by atoms with Crippen molar-refractivity contribution in [1.29, 1.82) is 10.5 Å². The molecular formula is C18H19N3O2S. The van der Waals surface area contributed by atoms with Crippen molar-refractivity contribution < 1.29 is 8.42 Å². The molecule has 0 bridgehead atoms. The zero-order valence-electron chi connectivity index (χ0n) is 13.8. The van der Waals surface area contributed by atoms with Gasteiger partial charge in [0.2, 0.25) is 9.84 Å². The second-order valence-electron chi connectivity index (χ2n) is 5.65. The maximum atomic E-state index is 12.7. The first kappa shape index (κ1) is 17.8. The molecule has 6 heteroatoms. The molecule has 1 aromatic rings. The molecule has 0 saturated carbocycles. The highest BCUT2D eigenvalue weighted by atomic mass is 32.2. The second kappa shape index (κ2) is 7.33. The summed E-state index contributed by atoms with van der Waals surface area (Å²) in [6.45, 7) is 5.02. The number of nitriles is 2. The Kier molecular flexibility index (Phi) is 5.43. The Morgan fingerprint density at radius 2 is 1.62 bits per heavy atom. The van der Waals surface area contributed by atoms with Gasteiger partial charge < -0.3 is 4.90 Å². The van der Waals surface area contributed by atoms with Gasteiger partial charge in [-0.2, -0.15) is 10.5 Å². The van der Waals surface area contributed by atoms with Crippen molar-refractivity contribution in [2.75, 3.05) is 13.1 Å². The van der Waals surface area contributed by atoms with Crippen LogP contribution in [0.3, 0.4) is 0 Å². The largest absolute Gasteiger partial charge is 0.374 e. The number of rotatable bonds is 4. The maximum absolute atomic E-state index is 12.7. The van der Waals surface area contributed by atoms with Crippen molar-refractivity contribution in [3.8, 4) is 12.1 Å². The Labute approximate surface area is 143 Å². The van der Waals surface area contributed by atoms with Crippen molar-refractivity contribution >= 4 is 9.84 Å². The van der Waals surface area contributed by atoms with Gasteiger partial charge in [0.05, 0.1) is 10.5 Å². The Morgan fingerprint density at radius 3 is 2.12 bits per heavy atom. The highest BCUT2D eigenvalue weighted by Crippen LogP contribution is 2.28. The summed E-state index contributed by atoms with van der Waals surface area (Å²) in [5.41, 5.74) is 1.18. The predicted octanol–water partition coefficient (Wildman–Crippen LogP) is 3.15. The number of benzene rings is 1. The molecule has 1 aliphatic rings. The van der Waals surface area contributed by atoms with Crippen LogP contribution in [0, 0.1) is 22.7 Å². The van der Waals surface area contributed by atoms with Crippen LogP contribution in [-0.4, -0.2) is 26.4 Å². The lowest BCUT2D eigenvalue weighted by Crippen LogP contribution is -2.19. The molecule has 5 nitrogen and oxygen atoms in total.